The van der Waals surface area contributed by atoms with Crippen LogP contribution in [0.15, 0.2) is 16.6 Å². The molecule has 1 aromatic heterocycles. The summed E-state index contributed by atoms with van der Waals surface area (Å²) < 4.78 is 11.7. The second kappa shape index (κ2) is 6.40. The van der Waals surface area contributed by atoms with Crippen LogP contribution in [-0.4, -0.2) is 28.8 Å². The van der Waals surface area contributed by atoms with E-state index in [1.165, 1.54) is 0 Å². The number of hydrogen-bond acceptors (Lipinski definition) is 4. The van der Waals surface area contributed by atoms with Gasteiger partial charge in [0, 0.05) is 18.9 Å². The van der Waals surface area contributed by atoms with E-state index in [2.05, 4.69) is 26.2 Å². The molecule has 1 aliphatic rings. The van der Waals surface area contributed by atoms with Crippen LogP contribution in [0.5, 0.6) is 5.88 Å². The van der Waals surface area contributed by atoms with Gasteiger partial charge < -0.3 is 14.8 Å². The number of halogens is 2. The van der Waals surface area contributed by atoms with Crippen LogP contribution in [0.2, 0.25) is 5.15 Å². The predicted octanol–water partition coefficient (Wildman–Crippen LogP) is 3.93. The van der Waals surface area contributed by atoms with Gasteiger partial charge in [-0.2, -0.15) is 0 Å². The van der Waals surface area contributed by atoms with Gasteiger partial charge in [0.2, 0.25) is 5.88 Å². The number of carbonyl (C=O) groups excluding carboxylic acids is 1. The van der Waals surface area contributed by atoms with E-state index in [-0.39, 0.29) is 12.1 Å². The molecule has 1 amide bonds. The Morgan fingerprint density at radius 1 is 1.43 bits per heavy atom. The predicted molar refractivity (Wildman–Crippen MR) is 83.8 cm³/mol. The molecular weight excluding hydrogens is 360 g/mol. The number of pyridine rings is 1. The van der Waals surface area contributed by atoms with Gasteiger partial charge in [0.25, 0.3) is 0 Å². The van der Waals surface area contributed by atoms with Crippen LogP contribution in [0.4, 0.5) is 4.79 Å². The number of alkyl carbamates (subject to hydrolysis) is 1. The zero-order chi connectivity index (χ0) is 15.6. The lowest BCUT2D eigenvalue weighted by Gasteiger charge is -2.35. The maximum absolute atomic E-state index is 11.6. The van der Waals surface area contributed by atoms with Gasteiger partial charge in [0.05, 0.1) is 4.47 Å². The summed E-state index contributed by atoms with van der Waals surface area (Å²) in [6.45, 7) is 5.50. The van der Waals surface area contributed by atoms with Crippen LogP contribution in [0.25, 0.3) is 0 Å². The summed E-state index contributed by atoms with van der Waals surface area (Å²) >= 11 is 9.20. The largest absolute Gasteiger partial charge is 0.473 e. The van der Waals surface area contributed by atoms with Crippen LogP contribution < -0.4 is 10.1 Å². The van der Waals surface area contributed by atoms with Crippen LogP contribution in [0.1, 0.15) is 33.6 Å². The Labute approximate surface area is 137 Å². The number of aromatic nitrogens is 1. The first-order chi connectivity index (χ1) is 9.73. The molecule has 1 aromatic rings. The van der Waals surface area contributed by atoms with Gasteiger partial charge >= 0.3 is 6.09 Å². The van der Waals surface area contributed by atoms with Crippen LogP contribution in [-0.2, 0) is 4.74 Å². The summed E-state index contributed by atoms with van der Waals surface area (Å²) in [4.78, 5) is 15.7. The minimum absolute atomic E-state index is 0.0206. The van der Waals surface area contributed by atoms with Crippen molar-refractivity contribution in [2.45, 2.75) is 51.4 Å². The van der Waals surface area contributed by atoms with Crippen LogP contribution in [0, 0.1) is 0 Å². The first kappa shape index (κ1) is 16.4. The standard InChI is InChI=1S/C14H18BrClN2O3/c1-14(2,3)21-13(19)17-8-6-9(7-8)20-12-10(15)4-5-11(16)18-12/h4-5,8-9H,6-7H2,1-3H3,(H,17,19). The van der Waals surface area contributed by atoms with E-state index in [1.807, 2.05) is 20.8 Å². The number of ether oxygens (including phenoxy) is 2. The van der Waals surface area contributed by atoms with Gasteiger partial charge in [0.15, 0.2) is 0 Å². The zero-order valence-corrected chi connectivity index (χ0v) is 14.5. The number of hydrogen-bond donors (Lipinski definition) is 1. The van der Waals surface area contributed by atoms with Crippen molar-refractivity contribution in [1.82, 2.24) is 10.3 Å². The van der Waals surface area contributed by atoms with E-state index in [0.717, 1.165) is 17.3 Å². The van der Waals surface area contributed by atoms with Crippen molar-refractivity contribution in [2.24, 2.45) is 0 Å². The number of amides is 1. The summed E-state index contributed by atoms with van der Waals surface area (Å²) in [5.41, 5.74) is -0.487. The Kier molecular flexibility index (Phi) is 4.99. The lowest BCUT2D eigenvalue weighted by atomic mass is 9.89. The van der Waals surface area contributed by atoms with E-state index in [9.17, 15) is 4.79 Å². The molecule has 2 rings (SSSR count). The van der Waals surface area contributed by atoms with Gasteiger partial charge in [-0.15, -0.1) is 0 Å². The van der Waals surface area contributed by atoms with Gasteiger partial charge in [-0.05, 0) is 48.8 Å². The highest BCUT2D eigenvalue weighted by Crippen LogP contribution is 2.30. The normalized spacial score (nSPS) is 21.4. The number of carbonyl (C=O) groups is 1. The number of nitrogens with one attached hydrogen (secondary N) is 1. The summed E-state index contributed by atoms with van der Waals surface area (Å²) in [6, 6.07) is 3.55. The lowest BCUT2D eigenvalue weighted by Crippen LogP contribution is -2.50. The average molecular weight is 378 g/mol. The lowest BCUT2D eigenvalue weighted by molar-refractivity contribution is 0.0353. The molecule has 0 unspecified atom stereocenters. The van der Waals surface area contributed by atoms with Crippen molar-refractivity contribution in [3.8, 4) is 5.88 Å². The van der Waals surface area contributed by atoms with Crippen LogP contribution >= 0.6 is 27.5 Å². The summed E-state index contributed by atoms with van der Waals surface area (Å²) in [5.74, 6) is 0.475. The zero-order valence-electron chi connectivity index (χ0n) is 12.2. The Morgan fingerprint density at radius 2 is 2.10 bits per heavy atom. The van der Waals surface area contributed by atoms with Gasteiger partial charge in [-0.1, -0.05) is 11.6 Å². The SMILES string of the molecule is CC(C)(C)OC(=O)NC1CC(Oc2nc(Cl)ccc2Br)C1. The fraction of sp³-hybridized carbons (Fsp3) is 0.571. The summed E-state index contributed by atoms with van der Waals surface area (Å²) in [5, 5.41) is 3.20. The molecule has 1 fully saturated rings. The molecule has 1 heterocycles. The quantitative estimate of drug-likeness (QED) is 0.811. The fourth-order valence-electron chi connectivity index (χ4n) is 1.90. The van der Waals surface area contributed by atoms with E-state index < -0.39 is 11.7 Å². The molecule has 7 heteroatoms. The molecule has 0 radical (unpaired) electrons. The molecule has 5 nitrogen and oxygen atoms in total. The van der Waals surface area contributed by atoms with E-state index in [1.54, 1.807) is 12.1 Å². The minimum Gasteiger partial charge on any atom is -0.473 e. The van der Waals surface area contributed by atoms with Gasteiger partial charge in [-0.3, -0.25) is 0 Å². The van der Waals surface area contributed by atoms with Crippen molar-refractivity contribution in [2.75, 3.05) is 0 Å². The van der Waals surface area contributed by atoms with Crippen molar-refractivity contribution < 1.29 is 14.3 Å². The topological polar surface area (TPSA) is 60.5 Å². The molecule has 0 aliphatic heterocycles. The third kappa shape index (κ3) is 5.04. The third-order valence-electron chi connectivity index (χ3n) is 2.87. The first-order valence-electron chi connectivity index (χ1n) is 6.71. The fourth-order valence-corrected chi connectivity index (χ4v) is 2.35. The highest BCUT2D eigenvalue weighted by atomic mass is 79.9. The molecule has 1 N–H and O–H groups in total. The second-order valence-corrected chi connectivity index (χ2v) is 7.22. The maximum atomic E-state index is 11.6. The summed E-state index contributed by atoms with van der Waals surface area (Å²) in [7, 11) is 0. The van der Waals surface area contributed by atoms with Crippen molar-refractivity contribution in [1.29, 1.82) is 0 Å². The molecule has 1 saturated carbocycles. The Balaban J connectivity index is 1.77. The summed E-state index contributed by atoms with van der Waals surface area (Å²) in [6.07, 6.45) is 1.07. The molecule has 0 bridgehead atoms. The van der Waals surface area contributed by atoms with E-state index in [4.69, 9.17) is 21.1 Å². The van der Waals surface area contributed by atoms with Gasteiger partial charge in [-0.25, -0.2) is 9.78 Å². The molecular formula is C14H18BrClN2O3. The smallest absolute Gasteiger partial charge is 0.407 e. The number of rotatable bonds is 3. The second-order valence-electron chi connectivity index (χ2n) is 5.98. The molecule has 21 heavy (non-hydrogen) atoms. The highest BCUT2D eigenvalue weighted by molar-refractivity contribution is 9.10. The average Bonchev–Trinajstić information content (AvgIpc) is 2.28. The van der Waals surface area contributed by atoms with Crippen molar-refractivity contribution >= 4 is 33.6 Å². The molecule has 0 aromatic carbocycles. The van der Waals surface area contributed by atoms with Crippen molar-refractivity contribution in [3.63, 3.8) is 0 Å². The molecule has 116 valence electrons. The number of nitrogens with zero attached hydrogens (tertiary/aromatic N) is 1. The van der Waals surface area contributed by atoms with Gasteiger partial charge in [0.1, 0.15) is 16.9 Å². The van der Waals surface area contributed by atoms with Crippen molar-refractivity contribution in [3.05, 3.63) is 21.8 Å². The first-order valence-corrected chi connectivity index (χ1v) is 7.88. The van der Waals surface area contributed by atoms with E-state index >= 15 is 0 Å². The highest BCUT2D eigenvalue weighted by Gasteiger charge is 2.33. The molecule has 0 saturated heterocycles. The Bertz CT molecular complexity index is 527. The third-order valence-corrected chi connectivity index (χ3v) is 3.69. The monoisotopic (exact) mass is 376 g/mol. The molecule has 1 aliphatic carbocycles. The Hall–Kier alpha value is -1.01. The molecule has 0 spiro atoms. The maximum Gasteiger partial charge on any atom is 0.407 e. The van der Waals surface area contributed by atoms with Crippen LogP contribution in [0.3, 0.4) is 0 Å². The Morgan fingerprint density at radius 3 is 2.71 bits per heavy atom. The minimum atomic E-state index is -0.487. The molecule has 0 atom stereocenters. The van der Waals surface area contributed by atoms with E-state index in [0.29, 0.717) is 11.0 Å².